The number of benzene rings is 2. The van der Waals surface area contributed by atoms with Crippen LogP contribution in [0.3, 0.4) is 0 Å². The van der Waals surface area contributed by atoms with E-state index in [4.69, 9.17) is 20.9 Å². The van der Waals surface area contributed by atoms with Gasteiger partial charge in [0.2, 0.25) is 0 Å². The molecule has 0 amide bonds. The monoisotopic (exact) mass is 314 g/mol. The smallest absolute Gasteiger partial charge is 0.257 e. The van der Waals surface area contributed by atoms with Gasteiger partial charge in [-0.05, 0) is 47.9 Å². The van der Waals surface area contributed by atoms with Gasteiger partial charge in [-0.25, -0.2) is 0 Å². The average molecular weight is 315 g/mol. The maximum atomic E-state index is 5.96. The highest BCUT2D eigenvalue weighted by Crippen LogP contribution is 2.29. The fraction of sp³-hybridized carbons (Fsp3) is 0.176. The van der Waals surface area contributed by atoms with Crippen LogP contribution in [0, 0.1) is 6.92 Å². The molecule has 3 rings (SSSR count). The van der Waals surface area contributed by atoms with Gasteiger partial charge in [0, 0.05) is 17.7 Å². The maximum Gasteiger partial charge on any atom is 0.257 e. The van der Waals surface area contributed by atoms with Crippen molar-refractivity contribution in [1.82, 2.24) is 10.1 Å². The van der Waals surface area contributed by atoms with Gasteiger partial charge in [-0.2, -0.15) is 4.98 Å². The van der Waals surface area contributed by atoms with Gasteiger partial charge in [0.1, 0.15) is 0 Å². The van der Waals surface area contributed by atoms with E-state index in [1.807, 2.05) is 42.5 Å². The SMILES string of the molecule is COCc1cc(-c2nc(C)no2)ccc1-c1ccc(Cl)cc1. The first-order valence-corrected chi connectivity index (χ1v) is 7.23. The van der Waals surface area contributed by atoms with Crippen molar-refractivity contribution >= 4 is 11.6 Å². The second-order valence-electron chi connectivity index (χ2n) is 4.96. The van der Waals surface area contributed by atoms with Gasteiger partial charge in [0.25, 0.3) is 5.89 Å². The van der Waals surface area contributed by atoms with Gasteiger partial charge in [0.05, 0.1) is 6.61 Å². The zero-order chi connectivity index (χ0) is 15.5. The van der Waals surface area contributed by atoms with Crippen LogP contribution in [0.25, 0.3) is 22.6 Å². The first kappa shape index (κ1) is 14.8. The summed E-state index contributed by atoms with van der Waals surface area (Å²) in [5.41, 5.74) is 4.12. The molecule has 0 aliphatic rings. The first-order chi connectivity index (χ1) is 10.7. The number of nitrogens with zero attached hydrogens (tertiary/aromatic N) is 2. The van der Waals surface area contributed by atoms with Crippen molar-refractivity contribution in [3.05, 3.63) is 58.9 Å². The third-order valence-corrected chi connectivity index (χ3v) is 3.59. The summed E-state index contributed by atoms with van der Waals surface area (Å²) in [7, 11) is 1.68. The Kier molecular flexibility index (Phi) is 4.22. The normalized spacial score (nSPS) is 10.9. The molecule has 5 heteroatoms. The summed E-state index contributed by atoms with van der Waals surface area (Å²) in [6.45, 7) is 2.30. The van der Waals surface area contributed by atoms with Crippen LogP contribution in [0.5, 0.6) is 0 Å². The second-order valence-corrected chi connectivity index (χ2v) is 5.40. The van der Waals surface area contributed by atoms with E-state index in [2.05, 4.69) is 10.1 Å². The van der Waals surface area contributed by atoms with Gasteiger partial charge in [-0.15, -0.1) is 0 Å². The third kappa shape index (κ3) is 3.03. The molecule has 3 aromatic rings. The van der Waals surface area contributed by atoms with Crippen molar-refractivity contribution in [1.29, 1.82) is 0 Å². The van der Waals surface area contributed by atoms with Gasteiger partial charge in [-0.3, -0.25) is 0 Å². The number of halogens is 1. The highest BCUT2D eigenvalue weighted by molar-refractivity contribution is 6.30. The molecule has 112 valence electrons. The predicted octanol–water partition coefficient (Wildman–Crippen LogP) is 4.51. The van der Waals surface area contributed by atoms with Gasteiger partial charge in [-0.1, -0.05) is 35.0 Å². The van der Waals surface area contributed by atoms with E-state index in [-0.39, 0.29) is 0 Å². The maximum absolute atomic E-state index is 5.96. The van der Waals surface area contributed by atoms with Crippen LogP contribution < -0.4 is 0 Å². The van der Waals surface area contributed by atoms with E-state index in [0.717, 1.165) is 27.3 Å². The minimum atomic E-state index is 0.499. The van der Waals surface area contributed by atoms with E-state index >= 15 is 0 Å². The van der Waals surface area contributed by atoms with E-state index in [9.17, 15) is 0 Å². The molecule has 4 nitrogen and oxygen atoms in total. The van der Waals surface area contributed by atoms with Crippen LogP contribution >= 0.6 is 11.6 Å². The molecule has 2 aromatic carbocycles. The largest absolute Gasteiger partial charge is 0.380 e. The van der Waals surface area contributed by atoms with Crippen molar-refractivity contribution in [2.45, 2.75) is 13.5 Å². The Labute approximate surface area is 133 Å². The topological polar surface area (TPSA) is 48.2 Å². The Bertz CT molecular complexity index is 782. The van der Waals surface area contributed by atoms with E-state index in [1.165, 1.54) is 0 Å². The molecule has 0 aliphatic carbocycles. The van der Waals surface area contributed by atoms with Crippen molar-refractivity contribution in [3.8, 4) is 22.6 Å². The molecule has 0 fully saturated rings. The molecular weight excluding hydrogens is 300 g/mol. The number of aromatic nitrogens is 2. The van der Waals surface area contributed by atoms with Crippen molar-refractivity contribution < 1.29 is 9.26 Å². The lowest BCUT2D eigenvalue weighted by molar-refractivity contribution is 0.185. The lowest BCUT2D eigenvalue weighted by Gasteiger charge is -2.10. The average Bonchev–Trinajstić information content (AvgIpc) is 2.95. The highest BCUT2D eigenvalue weighted by Gasteiger charge is 2.11. The molecule has 0 saturated heterocycles. The fourth-order valence-electron chi connectivity index (χ4n) is 2.33. The Balaban J connectivity index is 2.05. The number of hydrogen-bond acceptors (Lipinski definition) is 4. The molecule has 0 saturated carbocycles. The fourth-order valence-corrected chi connectivity index (χ4v) is 2.45. The lowest BCUT2D eigenvalue weighted by Crippen LogP contribution is -1.93. The molecule has 0 radical (unpaired) electrons. The van der Waals surface area contributed by atoms with Gasteiger partial charge >= 0.3 is 0 Å². The van der Waals surface area contributed by atoms with Crippen molar-refractivity contribution in [2.24, 2.45) is 0 Å². The lowest BCUT2D eigenvalue weighted by atomic mass is 9.98. The minimum absolute atomic E-state index is 0.499. The van der Waals surface area contributed by atoms with Crippen molar-refractivity contribution in [3.63, 3.8) is 0 Å². The summed E-state index contributed by atoms with van der Waals surface area (Å²) >= 11 is 5.96. The Morgan fingerprint density at radius 3 is 2.45 bits per heavy atom. The van der Waals surface area contributed by atoms with E-state index < -0.39 is 0 Å². The van der Waals surface area contributed by atoms with Crippen LogP contribution in [0.2, 0.25) is 5.02 Å². The summed E-state index contributed by atoms with van der Waals surface area (Å²) in [6, 6.07) is 13.8. The third-order valence-electron chi connectivity index (χ3n) is 3.33. The molecule has 1 heterocycles. The van der Waals surface area contributed by atoms with Gasteiger partial charge in [0.15, 0.2) is 5.82 Å². The van der Waals surface area contributed by atoms with Crippen LogP contribution in [-0.4, -0.2) is 17.3 Å². The molecule has 1 aromatic heterocycles. The number of ether oxygens (including phenoxy) is 1. The Hall–Kier alpha value is -2.17. The summed E-state index contributed by atoms with van der Waals surface area (Å²) in [5.74, 6) is 1.13. The number of hydrogen-bond donors (Lipinski definition) is 0. The number of rotatable bonds is 4. The summed E-state index contributed by atoms with van der Waals surface area (Å²) < 4.78 is 10.5. The summed E-state index contributed by atoms with van der Waals surface area (Å²) in [4.78, 5) is 4.26. The number of aryl methyl sites for hydroxylation is 1. The first-order valence-electron chi connectivity index (χ1n) is 6.86. The molecule has 0 aliphatic heterocycles. The molecule has 0 N–H and O–H groups in total. The Morgan fingerprint density at radius 2 is 1.82 bits per heavy atom. The summed E-state index contributed by atoms with van der Waals surface area (Å²) in [5, 5.41) is 4.54. The second kappa shape index (κ2) is 6.30. The molecular formula is C17H15ClN2O2. The molecule has 0 unspecified atom stereocenters. The standard InChI is InChI=1S/C17H15ClN2O2/c1-11-19-17(22-20-11)13-5-8-16(14(9-13)10-21-2)12-3-6-15(18)7-4-12/h3-9H,10H2,1-2H3. The molecule has 0 bridgehead atoms. The zero-order valence-electron chi connectivity index (χ0n) is 12.3. The zero-order valence-corrected chi connectivity index (χ0v) is 13.1. The quantitative estimate of drug-likeness (QED) is 0.710. The molecule has 0 spiro atoms. The Morgan fingerprint density at radius 1 is 1.09 bits per heavy atom. The van der Waals surface area contributed by atoms with E-state index in [1.54, 1.807) is 14.0 Å². The van der Waals surface area contributed by atoms with Crippen LogP contribution in [0.15, 0.2) is 47.0 Å². The number of methoxy groups -OCH3 is 1. The van der Waals surface area contributed by atoms with Crippen LogP contribution in [0.1, 0.15) is 11.4 Å². The van der Waals surface area contributed by atoms with Crippen molar-refractivity contribution in [2.75, 3.05) is 7.11 Å². The predicted molar refractivity (Wildman–Crippen MR) is 85.6 cm³/mol. The molecule has 22 heavy (non-hydrogen) atoms. The van der Waals surface area contributed by atoms with E-state index in [0.29, 0.717) is 18.3 Å². The minimum Gasteiger partial charge on any atom is -0.380 e. The van der Waals surface area contributed by atoms with Gasteiger partial charge < -0.3 is 9.26 Å². The molecule has 0 atom stereocenters. The van der Waals surface area contributed by atoms with Crippen LogP contribution in [-0.2, 0) is 11.3 Å². The highest BCUT2D eigenvalue weighted by atomic mass is 35.5. The van der Waals surface area contributed by atoms with Crippen LogP contribution in [0.4, 0.5) is 0 Å². The summed E-state index contributed by atoms with van der Waals surface area (Å²) in [6.07, 6.45) is 0.